The predicted octanol–water partition coefficient (Wildman–Crippen LogP) is 6.28. The molecule has 0 aliphatic carbocycles. The molecular weight excluding hydrogens is 484 g/mol. The summed E-state index contributed by atoms with van der Waals surface area (Å²) in [6.07, 6.45) is 0. The van der Waals surface area contributed by atoms with E-state index in [9.17, 15) is 14.7 Å². The van der Waals surface area contributed by atoms with Crippen molar-refractivity contribution in [2.45, 2.75) is 19.9 Å². The molecular formula is C27H21ClN2O4S. The molecule has 1 atom stereocenters. The lowest BCUT2D eigenvalue weighted by Crippen LogP contribution is -2.29. The molecule has 0 bridgehead atoms. The van der Waals surface area contributed by atoms with Gasteiger partial charge in [0.25, 0.3) is 5.78 Å². The van der Waals surface area contributed by atoms with Gasteiger partial charge >= 0.3 is 5.91 Å². The highest BCUT2D eigenvalue weighted by Crippen LogP contribution is 2.44. The number of thiazole rings is 1. The van der Waals surface area contributed by atoms with Gasteiger partial charge in [0, 0.05) is 10.6 Å². The number of halogens is 1. The van der Waals surface area contributed by atoms with Crippen LogP contribution in [0.4, 0.5) is 5.13 Å². The zero-order valence-electron chi connectivity index (χ0n) is 19.0. The average molecular weight is 505 g/mol. The Hall–Kier alpha value is -3.68. The predicted molar refractivity (Wildman–Crippen MR) is 138 cm³/mol. The average Bonchev–Trinajstić information content (AvgIpc) is 3.37. The van der Waals surface area contributed by atoms with E-state index >= 15 is 0 Å². The van der Waals surface area contributed by atoms with Crippen LogP contribution >= 0.6 is 22.9 Å². The molecule has 8 heteroatoms. The quantitative estimate of drug-likeness (QED) is 0.196. The summed E-state index contributed by atoms with van der Waals surface area (Å²) < 4.78 is 6.38. The summed E-state index contributed by atoms with van der Waals surface area (Å²) in [5.74, 6) is -1.13. The lowest BCUT2D eigenvalue weighted by molar-refractivity contribution is -0.132. The van der Waals surface area contributed by atoms with E-state index in [1.54, 1.807) is 48.5 Å². The maximum absolute atomic E-state index is 13.3. The molecule has 1 fully saturated rings. The molecule has 4 aromatic rings. The standard InChI is InChI=1S/C27H21ClN2O4S/c1-3-34-19-11-7-17(8-12-19)24(31)22-23(16-5-9-18(28)10-6-16)30(26(33)25(22)32)27-29-20-13-4-15(2)14-21(20)35-27/h4-14,23,31H,3H2,1-2H3/b24-22+. The van der Waals surface area contributed by atoms with E-state index in [0.29, 0.717) is 33.6 Å². The molecule has 1 amide bonds. The number of benzene rings is 3. The Kier molecular flexibility index (Phi) is 6.05. The first-order valence-electron chi connectivity index (χ1n) is 11.0. The van der Waals surface area contributed by atoms with Crippen molar-refractivity contribution in [2.24, 2.45) is 0 Å². The van der Waals surface area contributed by atoms with Crippen LogP contribution in [0.1, 0.15) is 29.7 Å². The van der Waals surface area contributed by atoms with Gasteiger partial charge in [0.2, 0.25) is 0 Å². The number of nitrogens with zero attached hydrogens (tertiary/aromatic N) is 2. The zero-order chi connectivity index (χ0) is 24.7. The molecule has 0 saturated carbocycles. The normalized spacial score (nSPS) is 17.3. The van der Waals surface area contributed by atoms with E-state index in [4.69, 9.17) is 16.3 Å². The van der Waals surface area contributed by atoms with E-state index < -0.39 is 17.7 Å². The second kappa shape index (κ2) is 9.17. The number of aliphatic hydroxyl groups is 1. The van der Waals surface area contributed by atoms with Gasteiger partial charge in [0.1, 0.15) is 11.5 Å². The fraction of sp³-hybridized carbons (Fsp3) is 0.148. The van der Waals surface area contributed by atoms with Gasteiger partial charge in [-0.15, -0.1) is 0 Å². The minimum absolute atomic E-state index is 0.00285. The van der Waals surface area contributed by atoms with Gasteiger partial charge in [-0.05, 0) is 73.5 Å². The Morgan fingerprint density at radius 3 is 2.49 bits per heavy atom. The number of anilines is 1. The number of amides is 1. The van der Waals surface area contributed by atoms with E-state index in [-0.39, 0.29) is 11.3 Å². The number of carbonyl (C=O) groups excluding carboxylic acids is 2. The Morgan fingerprint density at radius 1 is 1.09 bits per heavy atom. The summed E-state index contributed by atoms with van der Waals surface area (Å²) in [5.41, 5.74) is 2.84. The van der Waals surface area contributed by atoms with E-state index in [0.717, 1.165) is 15.8 Å². The number of hydrogen-bond donors (Lipinski definition) is 1. The molecule has 1 unspecified atom stereocenters. The van der Waals surface area contributed by atoms with Crippen molar-refractivity contribution < 1.29 is 19.4 Å². The van der Waals surface area contributed by atoms with Crippen LogP contribution < -0.4 is 9.64 Å². The van der Waals surface area contributed by atoms with Crippen molar-refractivity contribution in [3.05, 3.63) is 94.0 Å². The van der Waals surface area contributed by atoms with Gasteiger partial charge in [0.15, 0.2) is 5.13 Å². The fourth-order valence-corrected chi connectivity index (χ4v) is 5.36. The Balaban J connectivity index is 1.68. The van der Waals surface area contributed by atoms with Gasteiger partial charge in [-0.1, -0.05) is 41.1 Å². The first-order valence-corrected chi connectivity index (χ1v) is 12.2. The van der Waals surface area contributed by atoms with Crippen LogP contribution in [0.2, 0.25) is 5.02 Å². The molecule has 1 aromatic heterocycles. The van der Waals surface area contributed by atoms with Crippen molar-refractivity contribution in [2.75, 3.05) is 11.5 Å². The number of hydrogen-bond acceptors (Lipinski definition) is 6. The lowest BCUT2D eigenvalue weighted by atomic mass is 9.95. The molecule has 2 heterocycles. The highest BCUT2D eigenvalue weighted by atomic mass is 35.5. The van der Waals surface area contributed by atoms with Crippen molar-refractivity contribution >= 4 is 55.7 Å². The third-order valence-electron chi connectivity index (χ3n) is 5.81. The molecule has 6 nitrogen and oxygen atoms in total. The van der Waals surface area contributed by atoms with Gasteiger partial charge < -0.3 is 9.84 Å². The highest BCUT2D eigenvalue weighted by Gasteiger charge is 2.48. The SMILES string of the molecule is CCOc1ccc(/C(O)=C2\C(=O)C(=O)N(c3nc4ccc(C)cc4s3)C2c2ccc(Cl)cc2)cc1. The molecule has 1 saturated heterocycles. The Labute approximate surface area is 211 Å². The lowest BCUT2D eigenvalue weighted by Gasteiger charge is -2.23. The number of rotatable bonds is 5. The summed E-state index contributed by atoms with van der Waals surface area (Å²) in [6.45, 7) is 4.37. The van der Waals surface area contributed by atoms with Gasteiger partial charge in [-0.2, -0.15) is 0 Å². The largest absolute Gasteiger partial charge is 0.507 e. The maximum atomic E-state index is 13.3. The molecule has 5 rings (SSSR count). The minimum atomic E-state index is -0.861. The number of aliphatic hydroxyl groups excluding tert-OH is 1. The number of ketones is 1. The summed E-state index contributed by atoms with van der Waals surface area (Å²) in [7, 11) is 0. The molecule has 35 heavy (non-hydrogen) atoms. The summed E-state index contributed by atoms with van der Waals surface area (Å²) >= 11 is 7.43. The van der Waals surface area contributed by atoms with Crippen LogP contribution in [0, 0.1) is 6.92 Å². The van der Waals surface area contributed by atoms with Crippen molar-refractivity contribution in [1.82, 2.24) is 4.98 Å². The van der Waals surface area contributed by atoms with Gasteiger partial charge in [-0.25, -0.2) is 4.98 Å². The van der Waals surface area contributed by atoms with Crippen molar-refractivity contribution in [1.29, 1.82) is 0 Å². The van der Waals surface area contributed by atoms with Crippen molar-refractivity contribution in [3.8, 4) is 5.75 Å². The molecule has 0 radical (unpaired) electrons. The molecule has 176 valence electrons. The fourth-order valence-electron chi connectivity index (χ4n) is 4.14. The van der Waals surface area contributed by atoms with Crippen LogP contribution in [0.25, 0.3) is 16.0 Å². The number of carbonyl (C=O) groups is 2. The third kappa shape index (κ3) is 4.17. The Morgan fingerprint density at radius 2 is 1.80 bits per heavy atom. The van der Waals surface area contributed by atoms with E-state index in [2.05, 4.69) is 4.98 Å². The number of aromatic nitrogens is 1. The molecule has 0 spiro atoms. The monoisotopic (exact) mass is 504 g/mol. The Bertz CT molecular complexity index is 1480. The van der Waals surface area contributed by atoms with Crippen LogP contribution in [-0.4, -0.2) is 28.4 Å². The maximum Gasteiger partial charge on any atom is 0.301 e. The third-order valence-corrected chi connectivity index (χ3v) is 7.08. The van der Waals surface area contributed by atoms with Crippen LogP contribution in [0.5, 0.6) is 5.75 Å². The van der Waals surface area contributed by atoms with E-state index in [1.807, 2.05) is 32.0 Å². The van der Waals surface area contributed by atoms with Crippen molar-refractivity contribution in [3.63, 3.8) is 0 Å². The summed E-state index contributed by atoms with van der Waals surface area (Å²) in [6, 6.07) is 18.6. The second-order valence-corrected chi connectivity index (χ2v) is 9.59. The zero-order valence-corrected chi connectivity index (χ0v) is 20.6. The number of aryl methyl sites for hydroxylation is 1. The molecule has 3 aromatic carbocycles. The van der Waals surface area contributed by atoms with Gasteiger partial charge in [0.05, 0.1) is 28.4 Å². The minimum Gasteiger partial charge on any atom is -0.507 e. The number of ether oxygens (including phenoxy) is 1. The van der Waals surface area contributed by atoms with E-state index in [1.165, 1.54) is 16.2 Å². The number of Topliss-reactive ketones (excluding diaryl/α,β-unsaturated/α-hetero) is 1. The second-order valence-electron chi connectivity index (χ2n) is 8.15. The number of fused-ring (bicyclic) bond motifs is 1. The van der Waals surface area contributed by atoms with Crippen LogP contribution in [-0.2, 0) is 9.59 Å². The molecule has 1 aliphatic heterocycles. The van der Waals surface area contributed by atoms with Crippen LogP contribution in [0.15, 0.2) is 72.3 Å². The van der Waals surface area contributed by atoms with Crippen LogP contribution in [0.3, 0.4) is 0 Å². The molecule has 1 aliphatic rings. The first-order chi connectivity index (χ1) is 16.9. The summed E-state index contributed by atoms with van der Waals surface area (Å²) in [5, 5.41) is 12.2. The first kappa shape index (κ1) is 23.1. The highest BCUT2D eigenvalue weighted by molar-refractivity contribution is 7.22. The molecule has 1 N–H and O–H groups in total. The van der Waals surface area contributed by atoms with Gasteiger partial charge in [-0.3, -0.25) is 14.5 Å². The summed E-state index contributed by atoms with van der Waals surface area (Å²) in [4.78, 5) is 32.7. The smallest absolute Gasteiger partial charge is 0.301 e. The topological polar surface area (TPSA) is 79.7 Å².